The van der Waals surface area contributed by atoms with Gasteiger partial charge in [0.15, 0.2) is 6.10 Å². The summed E-state index contributed by atoms with van der Waals surface area (Å²) in [4.78, 5) is 11.2. The highest BCUT2D eigenvalue weighted by atomic mass is 16.4. The summed E-state index contributed by atoms with van der Waals surface area (Å²) in [5, 5.41) is 20.5. The highest BCUT2D eigenvalue weighted by Gasteiger charge is 2.27. The zero-order valence-corrected chi connectivity index (χ0v) is 11.4. The van der Waals surface area contributed by atoms with Crippen molar-refractivity contribution >= 4 is 27.9 Å². The fourth-order valence-electron chi connectivity index (χ4n) is 2.63. The van der Waals surface area contributed by atoms with Crippen LogP contribution in [0.4, 0.5) is 0 Å². The molecule has 5 heteroatoms. The predicted octanol–water partition coefficient (Wildman–Crippen LogP) is 3.22. The Morgan fingerprint density at radius 3 is 2.20 bits per heavy atom. The molecule has 0 fully saturated rings. The van der Waals surface area contributed by atoms with Crippen LogP contribution in [0, 0.1) is 20.8 Å². The van der Waals surface area contributed by atoms with E-state index in [1.165, 1.54) is 0 Å². The predicted molar refractivity (Wildman–Crippen MR) is 72.8 cm³/mol. The van der Waals surface area contributed by atoms with E-state index < -0.39 is 12.1 Å². The highest BCUT2D eigenvalue weighted by molar-refractivity contribution is 6.04. The monoisotopic (exact) mass is 274 g/mol. The molecule has 0 aliphatic carbocycles. The number of hydrogen-bond donors (Lipinski definition) is 2. The fraction of sp³-hybridized carbons (Fsp3) is 0.267. The number of furan rings is 2. The second-order valence-corrected chi connectivity index (χ2v) is 4.98. The van der Waals surface area contributed by atoms with E-state index in [4.69, 9.17) is 13.9 Å². The van der Waals surface area contributed by atoms with Gasteiger partial charge in [0.2, 0.25) is 0 Å². The Kier molecular flexibility index (Phi) is 2.62. The molecule has 0 saturated carbocycles. The lowest BCUT2D eigenvalue weighted by atomic mass is 9.98. The molecule has 20 heavy (non-hydrogen) atoms. The van der Waals surface area contributed by atoms with Gasteiger partial charge in [0.1, 0.15) is 22.7 Å². The molecule has 0 spiro atoms. The molecule has 0 radical (unpaired) electrons. The number of carbonyl (C=O) groups is 1. The van der Waals surface area contributed by atoms with Crippen molar-refractivity contribution in [1.82, 2.24) is 0 Å². The van der Waals surface area contributed by atoms with Crippen LogP contribution in [-0.2, 0) is 4.79 Å². The average Bonchev–Trinajstić information content (AvgIpc) is 2.92. The summed E-state index contributed by atoms with van der Waals surface area (Å²) >= 11 is 0. The second kappa shape index (κ2) is 4.11. The molecular weight excluding hydrogens is 260 g/mol. The quantitative estimate of drug-likeness (QED) is 0.749. The molecule has 0 bridgehead atoms. The smallest absolute Gasteiger partial charge is 0.337 e. The summed E-state index contributed by atoms with van der Waals surface area (Å²) < 4.78 is 11.2. The molecule has 0 saturated heterocycles. The molecule has 2 heterocycles. The number of aliphatic hydroxyl groups is 1. The Bertz CT molecular complexity index is 779. The molecule has 2 aromatic heterocycles. The number of aryl methyl sites for hydroxylation is 3. The Morgan fingerprint density at radius 1 is 1.05 bits per heavy atom. The van der Waals surface area contributed by atoms with E-state index in [0.717, 1.165) is 10.9 Å². The number of hydrogen-bond acceptors (Lipinski definition) is 4. The SMILES string of the molecule is Cc1cc2c(C(O)C(=O)O)c3oc(C)cc3c(C)c2o1. The maximum Gasteiger partial charge on any atom is 0.337 e. The number of aliphatic hydroxyl groups excluding tert-OH is 1. The van der Waals surface area contributed by atoms with E-state index >= 15 is 0 Å². The van der Waals surface area contributed by atoms with Crippen LogP contribution in [0.3, 0.4) is 0 Å². The normalized spacial score (nSPS) is 13.2. The Balaban J connectivity index is 2.54. The molecule has 3 aromatic rings. The number of carboxylic acids is 1. The maximum absolute atomic E-state index is 11.2. The van der Waals surface area contributed by atoms with Crippen LogP contribution in [0.1, 0.15) is 28.8 Å². The van der Waals surface area contributed by atoms with Crippen LogP contribution < -0.4 is 0 Å². The third-order valence-electron chi connectivity index (χ3n) is 3.50. The molecule has 1 unspecified atom stereocenters. The van der Waals surface area contributed by atoms with Gasteiger partial charge in [-0.3, -0.25) is 0 Å². The van der Waals surface area contributed by atoms with Crippen molar-refractivity contribution in [3.8, 4) is 0 Å². The molecule has 1 atom stereocenters. The Morgan fingerprint density at radius 2 is 1.60 bits per heavy atom. The summed E-state index contributed by atoms with van der Waals surface area (Å²) in [5.41, 5.74) is 2.12. The summed E-state index contributed by atoms with van der Waals surface area (Å²) in [6, 6.07) is 3.54. The van der Waals surface area contributed by atoms with Gasteiger partial charge in [-0.1, -0.05) is 0 Å². The molecule has 2 N–H and O–H groups in total. The van der Waals surface area contributed by atoms with Gasteiger partial charge in [-0.15, -0.1) is 0 Å². The minimum absolute atomic E-state index is 0.248. The van der Waals surface area contributed by atoms with Crippen molar-refractivity contribution in [2.24, 2.45) is 0 Å². The van der Waals surface area contributed by atoms with Crippen LogP contribution in [0.2, 0.25) is 0 Å². The van der Waals surface area contributed by atoms with E-state index in [-0.39, 0.29) is 5.56 Å². The first-order valence-corrected chi connectivity index (χ1v) is 6.23. The van der Waals surface area contributed by atoms with Crippen molar-refractivity contribution in [2.45, 2.75) is 26.9 Å². The van der Waals surface area contributed by atoms with E-state index in [0.29, 0.717) is 28.1 Å². The number of carboxylic acid groups (broad SMARTS) is 1. The number of aliphatic carboxylic acids is 1. The largest absolute Gasteiger partial charge is 0.479 e. The number of benzene rings is 1. The van der Waals surface area contributed by atoms with E-state index in [1.54, 1.807) is 19.9 Å². The molecular formula is C15H14O5. The van der Waals surface area contributed by atoms with Gasteiger partial charge in [-0.2, -0.15) is 0 Å². The van der Waals surface area contributed by atoms with E-state index in [2.05, 4.69) is 0 Å². The molecule has 5 nitrogen and oxygen atoms in total. The molecule has 0 aliphatic rings. The second-order valence-electron chi connectivity index (χ2n) is 4.98. The van der Waals surface area contributed by atoms with Crippen LogP contribution in [-0.4, -0.2) is 16.2 Å². The van der Waals surface area contributed by atoms with Gasteiger partial charge in [-0.05, 0) is 32.9 Å². The van der Waals surface area contributed by atoms with Crippen molar-refractivity contribution in [2.75, 3.05) is 0 Å². The summed E-state index contributed by atoms with van der Waals surface area (Å²) in [7, 11) is 0. The molecule has 1 aromatic carbocycles. The maximum atomic E-state index is 11.2. The molecule has 0 aliphatic heterocycles. The first-order chi connectivity index (χ1) is 9.40. The van der Waals surface area contributed by atoms with Crippen LogP contribution in [0.5, 0.6) is 0 Å². The van der Waals surface area contributed by atoms with Gasteiger partial charge in [0.05, 0.1) is 0 Å². The first kappa shape index (κ1) is 12.7. The highest BCUT2D eigenvalue weighted by Crippen LogP contribution is 2.39. The number of fused-ring (bicyclic) bond motifs is 2. The third-order valence-corrected chi connectivity index (χ3v) is 3.50. The summed E-state index contributed by atoms with van der Waals surface area (Å²) in [6.45, 7) is 5.45. The molecule has 104 valence electrons. The lowest BCUT2D eigenvalue weighted by Crippen LogP contribution is -2.11. The van der Waals surface area contributed by atoms with Crippen molar-refractivity contribution in [3.63, 3.8) is 0 Å². The standard InChI is InChI=1S/C15H14O5/c1-6-4-9-8(3)13-10(5-7(2)19-13)11(14(9)20-6)12(16)15(17)18/h4-5,12,16H,1-3H3,(H,17,18). The van der Waals surface area contributed by atoms with Crippen molar-refractivity contribution < 1.29 is 23.8 Å². The minimum Gasteiger partial charge on any atom is -0.479 e. The van der Waals surface area contributed by atoms with Crippen LogP contribution >= 0.6 is 0 Å². The van der Waals surface area contributed by atoms with E-state index in [9.17, 15) is 9.90 Å². The van der Waals surface area contributed by atoms with Crippen LogP contribution in [0.25, 0.3) is 21.9 Å². The zero-order valence-electron chi connectivity index (χ0n) is 11.4. The number of rotatable bonds is 2. The Labute approximate surface area is 114 Å². The summed E-state index contributed by atoms with van der Waals surface area (Å²) in [6.07, 6.45) is -1.65. The topological polar surface area (TPSA) is 83.8 Å². The summed E-state index contributed by atoms with van der Waals surface area (Å²) in [5.74, 6) is 0.00184. The Hall–Kier alpha value is -2.27. The van der Waals surface area contributed by atoms with Gasteiger partial charge in [-0.25, -0.2) is 4.79 Å². The van der Waals surface area contributed by atoms with Gasteiger partial charge >= 0.3 is 5.97 Å². The average molecular weight is 274 g/mol. The fourth-order valence-corrected chi connectivity index (χ4v) is 2.63. The van der Waals surface area contributed by atoms with E-state index in [1.807, 2.05) is 13.0 Å². The molecule has 3 rings (SSSR count). The molecule has 0 amide bonds. The zero-order chi connectivity index (χ0) is 14.6. The van der Waals surface area contributed by atoms with Gasteiger partial charge in [0, 0.05) is 21.9 Å². The van der Waals surface area contributed by atoms with Gasteiger partial charge < -0.3 is 19.0 Å². The third kappa shape index (κ3) is 1.63. The minimum atomic E-state index is -1.65. The van der Waals surface area contributed by atoms with Crippen molar-refractivity contribution in [1.29, 1.82) is 0 Å². The lowest BCUT2D eigenvalue weighted by molar-refractivity contribution is -0.146. The van der Waals surface area contributed by atoms with Gasteiger partial charge in [0.25, 0.3) is 0 Å². The van der Waals surface area contributed by atoms with Crippen molar-refractivity contribution in [3.05, 3.63) is 34.8 Å². The lowest BCUT2D eigenvalue weighted by Gasteiger charge is -2.09. The first-order valence-electron chi connectivity index (χ1n) is 6.23. The van der Waals surface area contributed by atoms with Crippen LogP contribution in [0.15, 0.2) is 21.0 Å².